The van der Waals surface area contributed by atoms with Gasteiger partial charge in [-0.25, -0.2) is 9.97 Å². The Kier molecular flexibility index (Phi) is 5.12. The molecule has 0 bridgehead atoms. The maximum absolute atomic E-state index is 5.64. The first kappa shape index (κ1) is 14.5. The molecule has 0 aliphatic heterocycles. The highest BCUT2D eigenvalue weighted by Crippen LogP contribution is 2.18. The summed E-state index contributed by atoms with van der Waals surface area (Å²) in [6.07, 6.45) is 6.51. The van der Waals surface area contributed by atoms with Gasteiger partial charge < -0.3 is 15.0 Å². The predicted molar refractivity (Wildman–Crippen MR) is 80.1 cm³/mol. The van der Waals surface area contributed by atoms with Crippen molar-refractivity contribution in [3.8, 4) is 11.3 Å². The molecule has 0 spiro atoms. The molecule has 2 aromatic heterocycles. The van der Waals surface area contributed by atoms with Gasteiger partial charge in [0.05, 0.1) is 24.8 Å². The van der Waals surface area contributed by atoms with Gasteiger partial charge in [-0.3, -0.25) is 0 Å². The lowest BCUT2D eigenvalue weighted by Crippen LogP contribution is -2.08. The van der Waals surface area contributed by atoms with E-state index in [1.165, 1.54) is 0 Å². The molecule has 0 amide bonds. The first-order valence-electron chi connectivity index (χ1n) is 6.96. The first-order valence-corrected chi connectivity index (χ1v) is 6.96. The Morgan fingerprint density at radius 2 is 2.10 bits per heavy atom. The summed E-state index contributed by atoms with van der Waals surface area (Å²) in [5, 5.41) is 0. The van der Waals surface area contributed by atoms with Crippen molar-refractivity contribution in [2.24, 2.45) is 5.92 Å². The summed E-state index contributed by atoms with van der Waals surface area (Å²) in [6, 6.07) is 3.75. The molecular weight excluding hydrogens is 252 g/mol. The van der Waals surface area contributed by atoms with Gasteiger partial charge in [0.25, 0.3) is 0 Å². The minimum Gasteiger partial charge on any atom is -0.384 e. The number of nitrogens with zero attached hydrogens (tertiary/aromatic N) is 3. The second-order valence-corrected chi connectivity index (χ2v) is 5.24. The second kappa shape index (κ2) is 7.05. The minimum absolute atomic E-state index is 0.525. The van der Waals surface area contributed by atoms with Crippen molar-refractivity contribution in [1.29, 1.82) is 0 Å². The van der Waals surface area contributed by atoms with Crippen LogP contribution in [0.2, 0.25) is 0 Å². The summed E-state index contributed by atoms with van der Waals surface area (Å²) in [7, 11) is 0. The van der Waals surface area contributed by atoms with E-state index in [-0.39, 0.29) is 0 Å². The average molecular weight is 274 g/mol. The van der Waals surface area contributed by atoms with Crippen LogP contribution in [0, 0.1) is 5.92 Å². The third kappa shape index (κ3) is 4.06. The van der Waals surface area contributed by atoms with Crippen molar-refractivity contribution in [3.05, 3.63) is 30.9 Å². The van der Waals surface area contributed by atoms with Gasteiger partial charge in [0.2, 0.25) is 0 Å². The number of nitrogen functional groups attached to an aromatic ring is 1. The van der Waals surface area contributed by atoms with Crippen LogP contribution in [0.5, 0.6) is 0 Å². The van der Waals surface area contributed by atoms with E-state index < -0.39 is 0 Å². The van der Waals surface area contributed by atoms with Crippen LogP contribution in [-0.4, -0.2) is 27.7 Å². The van der Waals surface area contributed by atoms with Crippen molar-refractivity contribution >= 4 is 5.82 Å². The maximum atomic E-state index is 5.64. The van der Waals surface area contributed by atoms with E-state index in [1.807, 2.05) is 18.6 Å². The van der Waals surface area contributed by atoms with Crippen LogP contribution in [0.1, 0.15) is 20.3 Å². The third-order valence-electron chi connectivity index (χ3n) is 3.11. The molecule has 0 fully saturated rings. The van der Waals surface area contributed by atoms with Crippen LogP contribution < -0.4 is 5.73 Å². The van der Waals surface area contributed by atoms with Crippen LogP contribution in [0.3, 0.4) is 0 Å². The minimum atomic E-state index is 0.525. The van der Waals surface area contributed by atoms with Crippen molar-refractivity contribution in [3.63, 3.8) is 0 Å². The highest BCUT2D eigenvalue weighted by atomic mass is 16.5. The lowest BCUT2D eigenvalue weighted by Gasteiger charge is -2.10. The third-order valence-corrected chi connectivity index (χ3v) is 3.11. The topological polar surface area (TPSA) is 66.0 Å². The smallest absolute Gasteiger partial charge is 0.123 e. The number of hydrogen-bond donors (Lipinski definition) is 1. The van der Waals surface area contributed by atoms with Crippen molar-refractivity contribution in [2.45, 2.75) is 26.8 Å². The van der Waals surface area contributed by atoms with Gasteiger partial charge in [0.15, 0.2) is 0 Å². The van der Waals surface area contributed by atoms with Gasteiger partial charge in [-0.05, 0) is 24.5 Å². The highest BCUT2D eigenvalue weighted by Gasteiger charge is 2.05. The number of rotatable bonds is 7. The Bertz CT molecular complexity index is 519. The SMILES string of the molecule is CC(C)CCOCCn1cncc1-c1ccc(N)nc1. The molecule has 5 nitrogen and oxygen atoms in total. The molecule has 2 heterocycles. The molecular formula is C15H22N4O. The number of anilines is 1. The number of pyridine rings is 1. The van der Waals surface area contributed by atoms with E-state index in [0.717, 1.165) is 30.8 Å². The molecule has 0 saturated heterocycles. The largest absolute Gasteiger partial charge is 0.384 e. The van der Waals surface area contributed by atoms with E-state index in [2.05, 4.69) is 28.4 Å². The van der Waals surface area contributed by atoms with Crippen LogP contribution in [-0.2, 0) is 11.3 Å². The van der Waals surface area contributed by atoms with E-state index in [9.17, 15) is 0 Å². The zero-order chi connectivity index (χ0) is 14.4. The van der Waals surface area contributed by atoms with Gasteiger partial charge in [0, 0.05) is 24.9 Å². The van der Waals surface area contributed by atoms with Gasteiger partial charge in [-0.1, -0.05) is 13.8 Å². The van der Waals surface area contributed by atoms with E-state index in [0.29, 0.717) is 18.3 Å². The summed E-state index contributed by atoms with van der Waals surface area (Å²) in [5.74, 6) is 1.21. The molecule has 0 aliphatic carbocycles. The Balaban J connectivity index is 1.90. The van der Waals surface area contributed by atoms with Crippen molar-refractivity contribution in [2.75, 3.05) is 18.9 Å². The molecule has 0 radical (unpaired) electrons. The van der Waals surface area contributed by atoms with Crippen LogP contribution >= 0.6 is 0 Å². The fraction of sp³-hybridized carbons (Fsp3) is 0.467. The van der Waals surface area contributed by atoms with Gasteiger partial charge in [-0.2, -0.15) is 0 Å². The molecule has 2 N–H and O–H groups in total. The predicted octanol–water partition coefficient (Wildman–Crippen LogP) is 2.59. The Hall–Kier alpha value is -1.88. The van der Waals surface area contributed by atoms with Crippen molar-refractivity contribution in [1.82, 2.24) is 14.5 Å². The van der Waals surface area contributed by atoms with E-state index in [4.69, 9.17) is 10.5 Å². The van der Waals surface area contributed by atoms with Gasteiger partial charge >= 0.3 is 0 Å². The van der Waals surface area contributed by atoms with E-state index in [1.54, 1.807) is 12.3 Å². The molecule has 0 aromatic carbocycles. The summed E-state index contributed by atoms with van der Waals surface area (Å²) < 4.78 is 7.72. The quantitative estimate of drug-likeness (QED) is 0.788. The first-order chi connectivity index (χ1) is 9.66. The zero-order valence-electron chi connectivity index (χ0n) is 12.1. The summed E-state index contributed by atoms with van der Waals surface area (Å²) in [5.41, 5.74) is 7.65. The molecule has 108 valence electrons. The molecule has 2 aromatic rings. The Morgan fingerprint density at radius 3 is 2.80 bits per heavy atom. The Labute approximate surface area is 119 Å². The fourth-order valence-electron chi connectivity index (χ4n) is 1.88. The maximum Gasteiger partial charge on any atom is 0.123 e. The van der Waals surface area contributed by atoms with Crippen LogP contribution in [0.4, 0.5) is 5.82 Å². The molecule has 0 aliphatic rings. The number of ether oxygens (including phenoxy) is 1. The van der Waals surface area contributed by atoms with Crippen LogP contribution in [0.15, 0.2) is 30.9 Å². The molecule has 2 rings (SSSR count). The van der Waals surface area contributed by atoms with Crippen LogP contribution in [0.25, 0.3) is 11.3 Å². The number of imidazole rings is 1. The molecule has 20 heavy (non-hydrogen) atoms. The molecule has 0 saturated carbocycles. The van der Waals surface area contributed by atoms with E-state index >= 15 is 0 Å². The number of aromatic nitrogens is 3. The Morgan fingerprint density at radius 1 is 1.25 bits per heavy atom. The lowest BCUT2D eigenvalue weighted by molar-refractivity contribution is 0.116. The van der Waals surface area contributed by atoms with Gasteiger partial charge in [-0.15, -0.1) is 0 Å². The molecule has 0 atom stereocenters. The fourth-order valence-corrected chi connectivity index (χ4v) is 1.88. The number of hydrogen-bond acceptors (Lipinski definition) is 4. The standard InChI is InChI=1S/C15H22N4O/c1-12(2)5-7-20-8-6-19-11-17-10-14(19)13-3-4-15(16)18-9-13/h3-4,9-12H,5-8H2,1-2H3,(H2,16,18). The second-order valence-electron chi connectivity index (χ2n) is 5.24. The molecule has 0 unspecified atom stereocenters. The lowest BCUT2D eigenvalue weighted by atomic mass is 10.1. The summed E-state index contributed by atoms with van der Waals surface area (Å²) in [6.45, 7) is 6.69. The van der Waals surface area contributed by atoms with Gasteiger partial charge in [0.1, 0.15) is 5.82 Å². The van der Waals surface area contributed by atoms with Crippen molar-refractivity contribution < 1.29 is 4.74 Å². The normalized spacial score (nSPS) is 11.2. The number of nitrogens with two attached hydrogens (primary N) is 1. The average Bonchev–Trinajstić information content (AvgIpc) is 2.87. The monoisotopic (exact) mass is 274 g/mol. The zero-order valence-corrected chi connectivity index (χ0v) is 12.1. The molecule has 5 heteroatoms. The highest BCUT2D eigenvalue weighted by molar-refractivity contribution is 5.59. The summed E-state index contributed by atoms with van der Waals surface area (Å²) in [4.78, 5) is 8.31. The summed E-state index contributed by atoms with van der Waals surface area (Å²) >= 11 is 0.